The first-order valence-corrected chi connectivity index (χ1v) is 6.19. The molecule has 80 valence electrons. The summed E-state index contributed by atoms with van der Waals surface area (Å²) >= 11 is 8.03. The summed E-state index contributed by atoms with van der Waals surface area (Å²) < 4.78 is 0.890. The Morgan fingerprint density at radius 3 is 2.31 bits per heavy atom. The maximum Gasteiger partial charge on any atom is 0.193 e. The number of carbonyl (C=O) groups excluding carboxylic acids is 1. The van der Waals surface area contributed by atoms with E-state index in [1.807, 2.05) is 30.3 Å². The van der Waals surface area contributed by atoms with Gasteiger partial charge in [-0.05, 0) is 40.8 Å². The van der Waals surface area contributed by atoms with Gasteiger partial charge in [0, 0.05) is 14.7 Å². The highest BCUT2D eigenvalue weighted by molar-refractivity contribution is 14.1. The van der Waals surface area contributed by atoms with Gasteiger partial charge in [0.15, 0.2) is 5.78 Å². The van der Waals surface area contributed by atoms with Crippen molar-refractivity contribution in [2.75, 3.05) is 0 Å². The second kappa shape index (κ2) is 4.97. The van der Waals surface area contributed by atoms with Crippen molar-refractivity contribution in [3.63, 3.8) is 0 Å². The summed E-state index contributed by atoms with van der Waals surface area (Å²) in [6.45, 7) is 0. The number of ketones is 1. The van der Waals surface area contributed by atoms with Crippen molar-refractivity contribution >= 4 is 40.0 Å². The van der Waals surface area contributed by atoms with Crippen LogP contribution in [0.5, 0.6) is 0 Å². The Morgan fingerprint density at radius 1 is 1.00 bits per heavy atom. The summed E-state index contributed by atoms with van der Waals surface area (Å²) in [6.07, 6.45) is 0. The third kappa shape index (κ3) is 2.44. The quantitative estimate of drug-likeness (QED) is 0.591. The standard InChI is InChI=1S/C13H8ClIO/c14-11-7-6-10(8-12(11)15)13(16)9-4-2-1-3-5-9/h1-8H. The van der Waals surface area contributed by atoms with Crippen LogP contribution in [0.15, 0.2) is 48.5 Å². The zero-order chi connectivity index (χ0) is 11.5. The summed E-state index contributed by atoms with van der Waals surface area (Å²) in [7, 11) is 0. The van der Waals surface area contributed by atoms with E-state index in [9.17, 15) is 4.79 Å². The van der Waals surface area contributed by atoms with Crippen LogP contribution in [0.3, 0.4) is 0 Å². The number of carbonyl (C=O) groups is 1. The van der Waals surface area contributed by atoms with E-state index >= 15 is 0 Å². The van der Waals surface area contributed by atoms with E-state index in [1.165, 1.54) is 0 Å². The van der Waals surface area contributed by atoms with Crippen LogP contribution in [0.4, 0.5) is 0 Å². The lowest BCUT2D eigenvalue weighted by Crippen LogP contribution is -2.01. The molecular formula is C13H8ClIO. The number of benzene rings is 2. The van der Waals surface area contributed by atoms with E-state index < -0.39 is 0 Å². The largest absolute Gasteiger partial charge is 0.289 e. The lowest BCUT2D eigenvalue weighted by Gasteiger charge is -2.02. The molecule has 0 radical (unpaired) electrons. The predicted octanol–water partition coefficient (Wildman–Crippen LogP) is 4.18. The molecule has 16 heavy (non-hydrogen) atoms. The molecule has 2 rings (SSSR count). The van der Waals surface area contributed by atoms with Crippen molar-refractivity contribution in [1.82, 2.24) is 0 Å². The number of hydrogen-bond acceptors (Lipinski definition) is 1. The molecule has 0 unspecified atom stereocenters. The van der Waals surface area contributed by atoms with Gasteiger partial charge in [0.2, 0.25) is 0 Å². The highest BCUT2D eigenvalue weighted by Gasteiger charge is 2.09. The fraction of sp³-hybridized carbons (Fsp3) is 0. The lowest BCUT2D eigenvalue weighted by molar-refractivity contribution is 0.103. The van der Waals surface area contributed by atoms with Crippen molar-refractivity contribution in [2.24, 2.45) is 0 Å². The Balaban J connectivity index is 2.39. The van der Waals surface area contributed by atoms with Crippen LogP contribution in [-0.4, -0.2) is 5.78 Å². The third-order valence-electron chi connectivity index (χ3n) is 2.22. The first-order chi connectivity index (χ1) is 7.68. The minimum absolute atomic E-state index is 0.0233. The molecule has 1 nitrogen and oxygen atoms in total. The van der Waals surface area contributed by atoms with Crippen LogP contribution < -0.4 is 0 Å². The number of halogens is 2. The molecule has 0 heterocycles. The molecule has 0 bridgehead atoms. The van der Waals surface area contributed by atoms with Gasteiger partial charge < -0.3 is 0 Å². The molecule has 0 aliphatic heterocycles. The van der Waals surface area contributed by atoms with Crippen LogP contribution in [0.25, 0.3) is 0 Å². The zero-order valence-corrected chi connectivity index (χ0v) is 11.2. The maximum absolute atomic E-state index is 12.1. The van der Waals surface area contributed by atoms with Crippen molar-refractivity contribution < 1.29 is 4.79 Å². The summed E-state index contributed by atoms with van der Waals surface area (Å²) in [5, 5.41) is 0.671. The van der Waals surface area contributed by atoms with Gasteiger partial charge in [-0.2, -0.15) is 0 Å². The van der Waals surface area contributed by atoms with Gasteiger partial charge in [0.1, 0.15) is 0 Å². The zero-order valence-electron chi connectivity index (χ0n) is 8.28. The van der Waals surface area contributed by atoms with Crippen molar-refractivity contribution in [2.45, 2.75) is 0 Å². The minimum atomic E-state index is 0.0233. The molecule has 0 amide bonds. The first kappa shape index (κ1) is 11.6. The van der Waals surface area contributed by atoms with E-state index in [0.29, 0.717) is 16.1 Å². The van der Waals surface area contributed by atoms with E-state index in [0.717, 1.165) is 3.57 Å². The van der Waals surface area contributed by atoms with E-state index in [-0.39, 0.29) is 5.78 Å². The molecule has 0 saturated heterocycles. The summed E-state index contributed by atoms with van der Waals surface area (Å²) in [4.78, 5) is 12.1. The maximum atomic E-state index is 12.1. The van der Waals surface area contributed by atoms with Crippen LogP contribution in [0, 0.1) is 3.57 Å². The highest BCUT2D eigenvalue weighted by atomic mass is 127. The van der Waals surface area contributed by atoms with Gasteiger partial charge in [-0.25, -0.2) is 0 Å². The van der Waals surface area contributed by atoms with E-state index in [4.69, 9.17) is 11.6 Å². The molecule has 0 fully saturated rings. The SMILES string of the molecule is O=C(c1ccccc1)c1ccc(Cl)c(I)c1. The van der Waals surface area contributed by atoms with Crippen LogP contribution in [0.2, 0.25) is 5.02 Å². The van der Waals surface area contributed by atoms with Gasteiger partial charge in [-0.1, -0.05) is 41.9 Å². The van der Waals surface area contributed by atoms with Gasteiger partial charge in [0.05, 0.1) is 5.02 Å². The monoisotopic (exact) mass is 342 g/mol. The molecule has 0 aromatic heterocycles. The Hall–Kier alpha value is -0.870. The minimum Gasteiger partial charge on any atom is -0.289 e. The summed E-state index contributed by atoms with van der Waals surface area (Å²) in [5.41, 5.74) is 1.36. The molecule has 0 N–H and O–H groups in total. The Bertz CT molecular complexity index is 523. The number of rotatable bonds is 2. The fourth-order valence-electron chi connectivity index (χ4n) is 1.39. The van der Waals surface area contributed by atoms with Crippen LogP contribution in [-0.2, 0) is 0 Å². The Morgan fingerprint density at radius 2 is 1.69 bits per heavy atom. The van der Waals surface area contributed by atoms with Crippen LogP contribution in [0.1, 0.15) is 15.9 Å². The predicted molar refractivity (Wildman–Crippen MR) is 74.0 cm³/mol. The van der Waals surface area contributed by atoms with Gasteiger partial charge in [0.25, 0.3) is 0 Å². The molecule has 0 atom stereocenters. The van der Waals surface area contributed by atoms with Crippen LogP contribution >= 0.6 is 34.2 Å². The summed E-state index contributed by atoms with van der Waals surface area (Å²) in [5.74, 6) is 0.0233. The highest BCUT2D eigenvalue weighted by Crippen LogP contribution is 2.21. The van der Waals surface area contributed by atoms with Crippen molar-refractivity contribution in [3.8, 4) is 0 Å². The molecule has 0 aliphatic rings. The first-order valence-electron chi connectivity index (χ1n) is 4.73. The normalized spacial score (nSPS) is 10.1. The van der Waals surface area contributed by atoms with E-state index in [2.05, 4.69) is 22.6 Å². The molecule has 0 aliphatic carbocycles. The van der Waals surface area contributed by atoms with E-state index in [1.54, 1.807) is 18.2 Å². The summed E-state index contributed by atoms with van der Waals surface area (Å²) in [6, 6.07) is 14.5. The lowest BCUT2D eigenvalue weighted by atomic mass is 10.0. The molecule has 2 aromatic rings. The Labute approximate surface area is 113 Å². The fourth-order valence-corrected chi connectivity index (χ4v) is 2.03. The topological polar surface area (TPSA) is 17.1 Å². The third-order valence-corrected chi connectivity index (χ3v) is 3.76. The number of hydrogen-bond donors (Lipinski definition) is 0. The average Bonchev–Trinajstić information content (AvgIpc) is 2.33. The Kier molecular flexibility index (Phi) is 3.61. The van der Waals surface area contributed by atoms with Gasteiger partial charge in [-0.3, -0.25) is 4.79 Å². The van der Waals surface area contributed by atoms with Crippen molar-refractivity contribution in [3.05, 3.63) is 68.3 Å². The molecular weight excluding hydrogens is 334 g/mol. The van der Waals surface area contributed by atoms with Crippen molar-refractivity contribution in [1.29, 1.82) is 0 Å². The molecule has 3 heteroatoms. The second-order valence-corrected chi connectivity index (χ2v) is 4.89. The second-order valence-electron chi connectivity index (χ2n) is 3.32. The molecule has 0 saturated carbocycles. The average molecular weight is 343 g/mol. The smallest absolute Gasteiger partial charge is 0.193 e. The molecule has 0 spiro atoms. The van der Waals surface area contributed by atoms with Gasteiger partial charge in [-0.15, -0.1) is 0 Å². The van der Waals surface area contributed by atoms with Gasteiger partial charge >= 0.3 is 0 Å². The molecule has 2 aromatic carbocycles.